The van der Waals surface area contributed by atoms with Crippen LogP contribution in [-0.2, 0) is 11.2 Å². The van der Waals surface area contributed by atoms with Crippen molar-refractivity contribution in [1.82, 2.24) is 0 Å². The summed E-state index contributed by atoms with van der Waals surface area (Å²) in [5.41, 5.74) is 14.0. The molecule has 0 aliphatic heterocycles. The van der Waals surface area contributed by atoms with E-state index in [0.717, 1.165) is 37.7 Å². The summed E-state index contributed by atoms with van der Waals surface area (Å²) in [6.45, 7) is 4.58. The minimum Gasteiger partial charge on any atom is -0.478 e. The van der Waals surface area contributed by atoms with Crippen molar-refractivity contribution in [1.29, 1.82) is 0 Å². The van der Waals surface area contributed by atoms with E-state index in [1.807, 2.05) is 6.92 Å². The summed E-state index contributed by atoms with van der Waals surface area (Å²) in [6.07, 6.45) is 4.72. The van der Waals surface area contributed by atoms with Gasteiger partial charge in [-0.2, -0.15) is 0 Å². The van der Waals surface area contributed by atoms with Gasteiger partial charge in [-0.25, -0.2) is 9.59 Å². The molecule has 0 aromatic heterocycles. The second kappa shape index (κ2) is 12.4. The Kier molecular flexibility index (Phi) is 10.2. The Bertz CT molecular complexity index is 775. The Labute approximate surface area is 166 Å². The molecule has 0 amide bonds. The Morgan fingerprint density at radius 3 is 2.25 bits per heavy atom. The fourth-order valence-corrected chi connectivity index (χ4v) is 2.47. The highest BCUT2D eigenvalue weighted by atomic mass is 16.5. The number of nitrogens with two attached hydrogens (primary N) is 2. The van der Waals surface area contributed by atoms with Crippen molar-refractivity contribution in [3.8, 4) is 0 Å². The average molecular weight is 386 g/mol. The molecule has 0 spiro atoms. The Balaban J connectivity index is 0.000000280. The molecule has 152 valence electrons. The van der Waals surface area contributed by atoms with Crippen molar-refractivity contribution < 1.29 is 19.4 Å². The number of hydrogen-bond donors (Lipinski definition) is 3. The Hall–Kier alpha value is -3.02. The van der Waals surface area contributed by atoms with Crippen molar-refractivity contribution in [3.05, 3.63) is 59.2 Å². The first-order chi connectivity index (χ1) is 13.4. The number of carboxylic acids is 1. The molecule has 0 atom stereocenters. The van der Waals surface area contributed by atoms with Crippen LogP contribution in [0.3, 0.4) is 0 Å². The van der Waals surface area contributed by atoms with E-state index in [1.165, 1.54) is 0 Å². The number of para-hydroxylation sites is 1. The van der Waals surface area contributed by atoms with Gasteiger partial charge < -0.3 is 21.3 Å². The zero-order chi connectivity index (χ0) is 20.9. The monoisotopic (exact) mass is 386 g/mol. The van der Waals surface area contributed by atoms with Crippen molar-refractivity contribution >= 4 is 23.3 Å². The molecule has 0 aliphatic rings. The fourth-order valence-electron chi connectivity index (χ4n) is 2.47. The molecule has 0 radical (unpaired) electrons. The standard InChI is InChI=1S/2C11H15NO2/c1-2-3-8-14-11(13)9-6-4-5-7-10(9)12;1-2-3-4-8-7-9(12)5-6-10(8)11(13)14/h4-7H,2-3,8,12H2,1H3;5-7H,2-4,12H2,1H3,(H,13,14). The summed E-state index contributed by atoms with van der Waals surface area (Å²) in [5, 5.41) is 8.92. The number of rotatable bonds is 8. The van der Waals surface area contributed by atoms with Gasteiger partial charge in [0.1, 0.15) is 0 Å². The molecule has 2 aromatic carbocycles. The smallest absolute Gasteiger partial charge is 0.340 e. The van der Waals surface area contributed by atoms with Crippen LogP contribution in [0.5, 0.6) is 0 Å². The minimum atomic E-state index is -0.879. The average Bonchev–Trinajstić information content (AvgIpc) is 2.67. The fraction of sp³-hybridized carbons (Fsp3) is 0.364. The van der Waals surface area contributed by atoms with Crippen molar-refractivity contribution in [2.24, 2.45) is 0 Å². The number of benzene rings is 2. The Morgan fingerprint density at radius 2 is 1.64 bits per heavy atom. The van der Waals surface area contributed by atoms with Crippen LogP contribution in [-0.4, -0.2) is 23.7 Å². The molecule has 2 rings (SSSR count). The molecule has 6 heteroatoms. The number of carbonyl (C=O) groups is 2. The third-order valence-electron chi connectivity index (χ3n) is 4.07. The molecule has 6 nitrogen and oxygen atoms in total. The van der Waals surface area contributed by atoms with Crippen LogP contribution in [0.15, 0.2) is 42.5 Å². The highest BCUT2D eigenvalue weighted by Gasteiger charge is 2.10. The quantitative estimate of drug-likeness (QED) is 0.348. The number of anilines is 2. The van der Waals surface area contributed by atoms with E-state index < -0.39 is 5.97 Å². The lowest BCUT2D eigenvalue weighted by atomic mass is 10.0. The van der Waals surface area contributed by atoms with E-state index in [1.54, 1.807) is 42.5 Å². The second-order valence-electron chi connectivity index (χ2n) is 6.40. The summed E-state index contributed by atoms with van der Waals surface area (Å²) in [5.74, 6) is -1.22. The van der Waals surface area contributed by atoms with Crippen LogP contribution in [0, 0.1) is 0 Å². The number of nitrogen functional groups attached to an aromatic ring is 2. The van der Waals surface area contributed by atoms with Crippen molar-refractivity contribution in [3.63, 3.8) is 0 Å². The topological polar surface area (TPSA) is 116 Å². The van der Waals surface area contributed by atoms with E-state index in [-0.39, 0.29) is 5.97 Å². The van der Waals surface area contributed by atoms with E-state index in [9.17, 15) is 9.59 Å². The molecule has 0 fully saturated rings. The van der Waals surface area contributed by atoms with Crippen LogP contribution in [0.25, 0.3) is 0 Å². The van der Waals surface area contributed by atoms with Crippen LogP contribution in [0.2, 0.25) is 0 Å². The number of ether oxygens (including phenoxy) is 1. The maximum Gasteiger partial charge on any atom is 0.340 e. The Morgan fingerprint density at radius 1 is 0.964 bits per heavy atom. The summed E-state index contributed by atoms with van der Waals surface area (Å²) in [4.78, 5) is 22.3. The van der Waals surface area contributed by atoms with E-state index >= 15 is 0 Å². The zero-order valence-electron chi connectivity index (χ0n) is 16.6. The normalized spacial score (nSPS) is 9.93. The van der Waals surface area contributed by atoms with Gasteiger partial charge in [-0.15, -0.1) is 0 Å². The van der Waals surface area contributed by atoms with Gasteiger partial charge in [-0.1, -0.05) is 38.8 Å². The molecule has 0 bridgehead atoms. The summed E-state index contributed by atoms with van der Waals surface area (Å²) in [7, 11) is 0. The summed E-state index contributed by atoms with van der Waals surface area (Å²) >= 11 is 0. The third kappa shape index (κ3) is 7.70. The number of hydrogen-bond acceptors (Lipinski definition) is 5. The van der Waals surface area contributed by atoms with Crippen LogP contribution in [0.4, 0.5) is 11.4 Å². The molecule has 5 N–H and O–H groups in total. The molecule has 0 saturated heterocycles. The highest BCUT2D eigenvalue weighted by Crippen LogP contribution is 2.16. The number of aryl methyl sites for hydroxylation is 1. The molecule has 0 aliphatic carbocycles. The minimum absolute atomic E-state index is 0.337. The maximum absolute atomic E-state index is 11.4. The van der Waals surface area contributed by atoms with Gasteiger partial charge in [0.25, 0.3) is 0 Å². The van der Waals surface area contributed by atoms with E-state index in [0.29, 0.717) is 29.1 Å². The van der Waals surface area contributed by atoms with Crippen molar-refractivity contribution in [2.75, 3.05) is 18.1 Å². The van der Waals surface area contributed by atoms with E-state index in [4.69, 9.17) is 21.3 Å². The van der Waals surface area contributed by atoms with Gasteiger partial charge >= 0.3 is 11.9 Å². The lowest BCUT2D eigenvalue weighted by Crippen LogP contribution is -2.08. The lowest BCUT2D eigenvalue weighted by Gasteiger charge is -2.06. The number of esters is 1. The molecular formula is C22H30N2O4. The second-order valence-corrected chi connectivity index (χ2v) is 6.40. The van der Waals surface area contributed by atoms with Gasteiger partial charge in [0, 0.05) is 11.4 Å². The zero-order valence-corrected chi connectivity index (χ0v) is 16.6. The SMILES string of the molecule is CCCCOC(=O)c1ccccc1N.CCCCc1cc(N)ccc1C(=O)O. The van der Waals surface area contributed by atoms with Gasteiger partial charge in [0.15, 0.2) is 0 Å². The summed E-state index contributed by atoms with van der Waals surface area (Å²) < 4.78 is 5.03. The molecule has 2 aromatic rings. The van der Waals surface area contributed by atoms with Gasteiger partial charge in [0.2, 0.25) is 0 Å². The first kappa shape index (κ1) is 23.0. The molecular weight excluding hydrogens is 356 g/mol. The van der Waals surface area contributed by atoms with Gasteiger partial charge in [-0.05, 0) is 55.2 Å². The maximum atomic E-state index is 11.4. The number of carbonyl (C=O) groups excluding carboxylic acids is 1. The van der Waals surface area contributed by atoms with Crippen LogP contribution < -0.4 is 11.5 Å². The number of unbranched alkanes of at least 4 members (excludes halogenated alkanes) is 2. The summed E-state index contributed by atoms with van der Waals surface area (Å²) in [6, 6.07) is 11.9. The molecule has 0 unspecified atom stereocenters. The predicted molar refractivity (Wildman–Crippen MR) is 112 cm³/mol. The van der Waals surface area contributed by atoms with Crippen LogP contribution >= 0.6 is 0 Å². The number of aromatic carboxylic acids is 1. The first-order valence-electron chi connectivity index (χ1n) is 9.54. The number of carboxylic acid groups (broad SMARTS) is 1. The highest BCUT2D eigenvalue weighted by molar-refractivity contribution is 5.94. The molecule has 0 heterocycles. The van der Waals surface area contributed by atoms with Gasteiger partial charge in [0.05, 0.1) is 17.7 Å². The predicted octanol–water partition coefficient (Wildman–Crippen LogP) is 4.54. The molecule has 28 heavy (non-hydrogen) atoms. The lowest BCUT2D eigenvalue weighted by molar-refractivity contribution is 0.0500. The van der Waals surface area contributed by atoms with Crippen molar-refractivity contribution in [2.45, 2.75) is 46.0 Å². The van der Waals surface area contributed by atoms with E-state index in [2.05, 4.69) is 6.92 Å². The largest absolute Gasteiger partial charge is 0.478 e. The van der Waals surface area contributed by atoms with Gasteiger partial charge in [-0.3, -0.25) is 0 Å². The first-order valence-corrected chi connectivity index (χ1v) is 9.54. The third-order valence-corrected chi connectivity index (χ3v) is 4.07. The molecule has 0 saturated carbocycles. The van der Waals surface area contributed by atoms with Crippen LogP contribution in [0.1, 0.15) is 65.8 Å².